The number of sulfonamides is 1. The van der Waals surface area contributed by atoms with E-state index in [9.17, 15) is 8.42 Å². The standard InChI is InChI=1S/C15H20N2O3S/c1-17(2)10-16-21(18,19)14-9-5-8-13-15(14)11-6-3-4-7-12(11)20-13/h3-4,6-7,14,16H,5,8-10H2,1-2H3. The Bertz CT molecular complexity index is 749. The summed E-state index contributed by atoms with van der Waals surface area (Å²) < 4.78 is 33.7. The molecule has 1 atom stereocenters. The van der Waals surface area contributed by atoms with Crippen LogP contribution < -0.4 is 4.72 Å². The number of hydrogen-bond donors (Lipinski definition) is 1. The molecule has 3 rings (SSSR count). The van der Waals surface area contributed by atoms with Crippen LogP contribution >= 0.6 is 0 Å². The van der Waals surface area contributed by atoms with Crippen molar-refractivity contribution >= 4 is 21.0 Å². The minimum absolute atomic E-state index is 0.309. The first-order valence-corrected chi connectivity index (χ1v) is 8.67. The number of rotatable bonds is 4. The van der Waals surface area contributed by atoms with E-state index in [-0.39, 0.29) is 0 Å². The first kappa shape index (κ1) is 14.6. The van der Waals surface area contributed by atoms with Gasteiger partial charge in [-0.1, -0.05) is 18.2 Å². The molecule has 0 spiro atoms. The summed E-state index contributed by atoms with van der Waals surface area (Å²) in [6.45, 7) is 0.309. The maximum atomic E-state index is 12.6. The van der Waals surface area contributed by atoms with Gasteiger partial charge in [-0.2, -0.15) is 0 Å². The predicted molar refractivity (Wildman–Crippen MR) is 82.5 cm³/mol. The molecule has 0 bridgehead atoms. The zero-order valence-electron chi connectivity index (χ0n) is 12.3. The summed E-state index contributed by atoms with van der Waals surface area (Å²) in [5.41, 5.74) is 1.63. The zero-order chi connectivity index (χ0) is 15.0. The average Bonchev–Trinajstić information content (AvgIpc) is 2.83. The highest BCUT2D eigenvalue weighted by Gasteiger charge is 2.35. The molecule has 114 valence electrons. The Morgan fingerprint density at radius 2 is 2.10 bits per heavy atom. The molecule has 1 heterocycles. The van der Waals surface area contributed by atoms with Gasteiger partial charge in [0, 0.05) is 17.4 Å². The molecular weight excluding hydrogens is 288 g/mol. The van der Waals surface area contributed by atoms with Crippen molar-refractivity contribution in [3.8, 4) is 0 Å². The number of hydrogen-bond acceptors (Lipinski definition) is 4. The largest absolute Gasteiger partial charge is 0.461 e. The highest BCUT2D eigenvalue weighted by Crippen LogP contribution is 2.41. The molecular formula is C15H20N2O3S. The van der Waals surface area contributed by atoms with Crippen molar-refractivity contribution in [1.82, 2.24) is 9.62 Å². The fourth-order valence-electron chi connectivity index (χ4n) is 2.88. The Labute approximate surface area is 125 Å². The van der Waals surface area contributed by atoms with E-state index in [0.717, 1.165) is 35.1 Å². The summed E-state index contributed by atoms with van der Waals surface area (Å²) in [5, 5.41) is 0.400. The SMILES string of the molecule is CN(C)CNS(=O)(=O)C1CCCc2oc3ccccc3c21. The third-order valence-electron chi connectivity index (χ3n) is 3.86. The van der Waals surface area contributed by atoms with Crippen LogP contribution in [0, 0.1) is 0 Å². The monoisotopic (exact) mass is 308 g/mol. The third-order valence-corrected chi connectivity index (χ3v) is 5.61. The molecule has 1 aromatic heterocycles. The molecule has 1 aliphatic rings. The van der Waals surface area contributed by atoms with Gasteiger partial charge in [-0.3, -0.25) is 4.90 Å². The van der Waals surface area contributed by atoms with E-state index in [2.05, 4.69) is 4.72 Å². The summed E-state index contributed by atoms with van der Waals surface area (Å²) in [5.74, 6) is 0.822. The molecule has 0 saturated carbocycles. The summed E-state index contributed by atoms with van der Waals surface area (Å²) in [4.78, 5) is 1.80. The second kappa shape index (κ2) is 5.44. The smallest absolute Gasteiger partial charge is 0.219 e. The van der Waals surface area contributed by atoms with Gasteiger partial charge in [0.05, 0.1) is 6.67 Å². The van der Waals surface area contributed by atoms with Crippen LogP contribution in [0.5, 0.6) is 0 Å². The van der Waals surface area contributed by atoms with Crippen molar-refractivity contribution in [2.24, 2.45) is 0 Å². The van der Waals surface area contributed by atoms with Gasteiger partial charge in [0.15, 0.2) is 0 Å². The molecule has 0 amide bonds. The second-order valence-electron chi connectivity index (χ2n) is 5.74. The lowest BCUT2D eigenvalue weighted by Crippen LogP contribution is -2.37. The molecule has 0 aliphatic heterocycles. The summed E-state index contributed by atoms with van der Waals surface area (Å²) in [6, 6.07) is 7.66. The third kappa shape index (κ3) is 2.71. The van der Waals surface area contributed by atoms with Gasteiger partial charge in [0.1, 0.15) is 16.6 Å². The van der Waals surface area contributed by atoms with E-state index in [1.165, 1.54) is 0 Å². The van der Waals surface area contributed by atoms with Gasteiger partial charge in [-0.05, 0) is 33.0 Å². The first-order chi connectivity index (χ1) is 9.99. The molecule has 0 radical (unpaired) electrons. The Kier molecular flexibility index (Phi) is 3.77. The lowest BCUT2D eigenvalue weighted by molar-refractivity contribution is 0.396. The molecule has 5 nitrogen and oxygen atoms in total. The lowest BCUT2D eigenvalue weighted by atomic mass is 9.95. The second-order valence-corrected chi connectivity index (χ2v) is 7.69. The summed E-state index contributed by atoms with van der Waals surface area (Å²) >= 11 is 0. The normalized spacial score (nSPS) is 19.1. The average molecular weight is 308 g/mol. The number of nitrogens with one attached hydrogen (secondary N) is 1. The number of aryl methyl sites for hydroxylation is 1. The van der Waals surface area contributed by atoms with E-state index < -0.39 is 15.3 Å². The Balaban J connectivity index is 2.04. The first-order valence-electron chi connectivity index (χ1n) is 7.12. The van der Waals surface area contributed by atoms with Crippen LogP contribution in [0.3, 0.4) is 0 Å². The topological polar surface area (TPSA) is 62.6 Å². The predicted octanol–water partition coefficient (Wildman–Crippen LogP) is 2.25. The van der Waals surface area contributed by atoms with E-state index >= 15 is 0 Å². The maximum absolute atomic E-state index is 12.6. The van der Waals surface area contributed by atoms with Gasteiger partial charge in [0.25, 0.3) is 0 Å². The van der Waals surface area contributed by atoms with E-state index in [4.69, 9.17) is 4.42 Å². The van der Waals surface area contributed by atoms with Crippen molar-refractivity contribution in [2.75, 3.05) is 20.8 Å². The van der Waals surface area contributed by atoms with Gasteiger partial charge in [-0.25, -0.2) is 13.1 Å². The van der Waals surface area contributed by atoms with Crippen LogP contribution in [0.1, 0.15) is 29.4 Å². The quantitative estimate of drug-likeness (QED) is 0.880. The molecule has 1 aromatic carbocycles. The molecule has 0 fully saturated rings. The van der Waals surface area contributed by atoms with Crippen LogP contribution in [-0.2, 0) is 16.4 Å². The fraction of sp³-hybridized carbons (Fsp3) is 0.467. The molecule has 2 aromatic rings. The Morgan fingerprint density at radius 1 is 1.33 bits per heavy atom. The number of nitrogens with zero attached hydrogens (tertiary/aromatic N) is 1. The van der Waals surface area contributed by atoms with Crippen molar-refractivity contribution in [3.05, 3.63) is 35.6 Å². The van der Waals surface area contributed by atoms with E-state index in [0.29, 0.717) is 13.1 Å². The number of para-hydroxylation sites is 1. The Morgan fingerprint density at radius 3 is 2.86 bits per heavy atom. The van der Waals surface area contributed by atoms with E-state index in [1.54, 1.807) is 4.90 Å². The number of furan rings is 1. The minimum Gasteiger partial charge on any atom is -0.461 e. The minimum atomic E-state index is -3.40. The highest BCUT2D eigenvalue weighted by molar-refractivity contribution is 7.89. The van der Waals surface area contributed by atoms with Crippen LogP contribution in [0.4, 0.5) is 0 Å². The molecule has 6 heteroatoms. The molecule has 0 saturated heterocycles. The van der Waals surface area contributed by atoms with Gasteiger partial charge in [-0.15, -0.1) is 0 Å². The zero-order valence-corrected chi connectivity index (χ0v) is 13.1. The van der Waals surface area contributed by atoms with Crippen molar-refractivity contribution in [1.29, 1.82) is 0 Å². The molecule has 1 N–H and O–H groups in total. The van der Waals surface area contributed by atoms with Crippen LogP contribution in [0.25, 0.3) is 11.0 Å². The van der Waals surface area contributed by atoms with Crippen molar-refractivity contribution in [3.63, 3.8) is 0 Å². The molecule has 1 aliphatic carbocycles. The Hall–Kier alpha value is -1.37. The maximum Gasteiger partial charge on any atom is 0.219 e. The summed E-state index contributed by atoms with van der Waals surface area (Å²) in [6.07, 6.45) is 2.28. The van der Waals surface area contributed by atoms with Gasteiger partial charge in [0.2, 0.25) is 10.0 Å². The van der Waals surface area contributed by atoms with Crippen molar-refractivity contribution in [2.45, 2.75) is 24.5 Å². The summed E-state index contributed by atoms with van der Waals surface area (Å²) in [7, 11) is 0.266. The van der Waals surface area contributed by atoms with E-state index in [1.807, 2.05) is 38.4 Å². The lowest BCUT2D eigenvalue weighted by Gasteiger charge is -2.23. The van der Waals surface area contributed by atoms with Gasteiger partial charge < -0.3 is 4.42 Å². The molecule has 1 unspecified atom stereocenters. The fourth-order valence-corrected chi connectivity index (χ4v) is 4.56. The van der Waals surface area contributed by atoms with Crippen LogP contribution in [0.2, 0.25) is 0 Å². The van der Waals surface area contributed by atoms with Gasteiger partial charge >= 0.3 is 0 Å². The van der Waals surface area contributed by atoms with Crippen LogP contribution in [0.15, 0.2) is 28.7 Å². The van der Waals surface area contributed by atoms with Crippen LogP contribution in [-0.4, -0.2) is 34.1 Å². The number of benzene rings is 1. The van der Waals surface area contributed by atoms with Crippen molar-refractivity contribution < 1.29 is 12.8 Å². The highest BCUT2D eigenvalue weighted by atomic mass is 32.2. The molecule has 21 heavy (non-hydrogen) atoms. The number of fused-ring (bicyclic) bond motifs is 3.